The van der Waals surface area contributed by atoms with Crippen molar-refractivity contribution in [2.24, 2.45) is 0 Å². The van der Waals surface area contributed by atoms with Crippen molar-refractivity contribution in [1.82, 2.24) is 4.90 Å². The van der Waals surface area contributed by atoms with Gasteiger partial charge in [-0.25, -0.2) is 0 Å². The normalized spacial score (nSPS) is 24.6. The van der Waals surface area contributed by atoms with Gasteiger partial charge < -0.3 is 29.7 Å². The van der Waals surface area contributed by atoms with Crippen molar-refractivity contribution in [1.29, 1.82) is 0 Å². The third kappa shape index (κ3) is 7.29. The monoisotopic (exact) mass is 435 g/mol. The van der Waals surface area contributed by atoms with Gasteiger partial charge in [-0.1, -0.05) is 45.4 Å². The molecule has 1 aliphatic heterocycles. The number of rotatable bonds is 12. The van der Waals surface area contributed by atoms with E-state index in [0.717, 1.165) is 56.4 Å². The molecule has 3 N–H and O–H groups in total. The zero-order chi connectivity index (χ0) is 22.8. The first-order valence-corrected chi connectivity index (χ1v) is 11.7. The quantitative estimate of drug-likeness (QED) is 0.466. The minimum absolute atomic E-state index is 0.152. The van der Waals surface area contributed by atoms with Crippen molar-refractivity contribution >= 4 is 5.57 Å². The lowest BCUT2D eigenvalue weighted by molar-refractivity contribution is -0.230. The van der Waals surface area contributed by atoms with Crippen molar-refractivity contribution < 1.29 is 24.8 Å². The summed E-state index contributed by atoms with van der Waals surface area (Å²) < 4.78 is 11.9. The molecule has 6 nitrogen and oxygen atoms in total. The number of aryl methyl sites for hydroxylation is 1. The average molecular weight is 436 g/mol. The minimum atomic E-state index is -1.11. The van der Waals surface area contributed by atoms with E-state index < -0.39 is 24.6 Å². The van der Waals surface area contributed by atoms with Gasteiger partial charge in [0.25, 0.3) is 0 Å². The Labute approximate surface area is 187 Å². The van der Waals surface area contributed by atoms with E-state index in [-0.39, 0.29) is 13.0 Å². The van der Waals surface area contributed by atoms with Crippen LogP contribution in [0.3, 0.4) is 0 Å². The first kappa shape index (κ1) is 25.8. The predicted molar refractivity (Wildman–Crippen MR) is 124 cm³/mol. The van der Waals surface area contributed by atoms with Gasteiger partial charge in [-0.2, -0.15) is 0 Å². The molecule has 0 saturated carbocycles. The number of aliphatic hydroxyl groups excluding tert-OH is 3. The van der Waals surface area contributed by atoms with Crippen LogP contribution >= 0.6 is 0 Å². The number of benzene rings is 1. The lowest BCUT2D eigenvalue weighted by Gasteiger charge is -2.36. The molecule has 31 heavy (non-hydrogen) atoms. The third-order valence-corrected chi connectivity index (χ3v) is 5.89. The molecule has 1 fully saturated rings. The second-order valence-corrected chi connectivity index (χ2v) is 8.35. The van der Waals surface area contributed by atoms with Gasteiger partial charge >= 0.3 is 0 Å². The molecule has 2 rings (SSSR count). The standard InChI is InChI=1S/C25H41NO5/c1-5-8-11-19(13-15-26(7-3)14-6-2)24-18(4)10-9-12-21(24)30-23-16-20(28)25(29)22(17-27)31-23/h9-12,20,22-23,25,27-29H,5-8,13-17H2,1-4H3/b19-11-/t20-,22-,23+,25+/m1/s1. The maximum atomic E-state index is 10.2. The van der Waals surface area contributed by atoms with E-state index in [9.17, 15) is 15.3 Å². The number of hydrogen-bond donors (Lipinski definition) is 3. The van der Waals surface area contributed by atoms with Gasteiger partial charge in [0.1, 0.15) is 18.0 Å². The first-order chi connectivity index (χ1) is 14.9. The summed E-state index contributed by atoms with van der Waals surface area (Å²) in [6, 6.07) is 5.97. The van der Waals surface area contributed by atoms with E-state index in [1.807, 2.05) is 12.1 Å². The van der Waals surface area contributed by atoms with Gasteiger partial charge in [0.05, 0.1) is 12.7 Å². The Kier molecular flexibility index (Phi) is 11.0. The molecule has 0 unspecified atom stereocenters. The highest BCUT2D eigenvalue weighted by Gasteiger charge is 2.37. The Bertz CT molecular complexity index is 692. The summed E-state index contributed by atoms with van der Waals surface area (Å²) in [5, 5.41) is 29.6. The maximum Gasteiger partial charge on any atom is 0.202 e. The summed E-state index contributed by atoms with van der Waals surface area (Å²) in [5.74, 6) is 0.714. The molecule has 1 heterocycles. The summed E-state index contributed by atoms with van der Waals surface area (Å²) in [5.41, 5.74) is 3.47. The molecule has 0 spiro atoms. The van der Waals surface area contributed by atoms with Gasteiger partial charge in [0, 0.05) is 18.5 Å². The lowest BCUT2D eigenvalue weighted by atomic mass is 9.95. The smallest absolute Gasteiger partial charge is 0.202 e. The van der Waals surface area contributed by atoms with Crippen molar-refractivity contribution in [3.05, 3.63) is 35.4 Å². The minimum Gasteiger partial charge on any atom is -0.464 e. The van der Waals surface area contributed by atoms with Crippen LogP contribution in [0.2, 0.25) is 0 Å². The second kappa shape index (κ2) is 13.2. The summed E-state index contributed by atoms with van der Waals surface area (Å²) in [4.78, 5) is 2.46. The molecule has 1 saturated heterocycles. The Morgan fingerprint density at radius 2 is 1.97 bits per heavy atom. The summed E-state index contributed by atoms with van der Waals surface area (Å²) in [7, 11) is 0. The fraction of sp³-hybridized carbons (Fsp3) is 0.680. The second-order valence-electron chi connectivity index (χ2n) is 8.35. The van der Waals surface area contributed by atoms with E-state index >= 15 is 0 Å². The average Bonchev–Trinajstić information content (AvgIpc) is 2.76. The number of ether oxygens (including phenoxy) is 2. The predicted octanol–water partition coefficient (Wildman–Crippen LogP) is 3.51. The lowest BCUT2D eigenvalue weighted by Crippen LogP contribution is -2.51. The first-order valence-electron chi connectivity index (χ1n) is 11.7. The van der Waals surface area contributed by atoms with Crippen LogP contribution in [0.5, 0.6) is 5.75 Å². The van der Waals surface area contributed by atoms with E-state index in [1.54, 1.807) is 0 Å². The van der Waals surface area contributed by atoms with Crippen molar-refractivity contribution in [2.45, 2.75) is 84.4 Å². The van der Waals surface area contributed by atoms with Gasteiger partial charge in [-0.3, -0.25) is 0 Å². The molecule has 0 amide bonds. The molecule has 1 aliphatic rings. The Morgan fingerprint density at radius 1 is 1.19 bits per heavy atom. The van der Waals surface area contributed by atoms with E-state index in [2.05, 4.69) is 44.7 Å². The van der Waals surface area contributed by atoms with E-state index in [1.165, 1.54) is 5.57 Å². The number of allylic oxidation sites excluding steroid dienone is 1. The molecule has 4 atom stereocenters. The number of hydrogen-bond acceptors (Lipinski definition) is 6. The van der Waals surface area contributed by atoms with Crippen LogP contribution in [0.1, 0.15) is 64.0 Å². The fourth-order valence-electron chi connectivity index (χ4n) is 4.10. The number of unbranched alkanes of at least 4 members (excludes halogenated alkanes) is 1. The fourth-order valence-corrected chi connectivity index (χ4v) is 4.10. The summed E-state index contributed by atoms with van der Waals surface area (Å²) in [6.45, 7) is 11.4. The van der Waals surface area contributed by atoms with Crippen molar-refractivity contribution in [3.63, 3.8) is 0 Å². The van der Waals surface area contributed by atoms with Gasteiger partial charge in [-0.15, -0.1) is 0 Å². The van der Waals surface area contributed by atoms with Crippen LogP contribution in [0, 0.1) is 6.92 Å². The highest BCUT2D eigenvalue weighted by molar-refractivity contribution is 5.73. The highest BCUT2D eigenvalue weighted by atomic mass is 16.7. The molecule has 6 heteroatoms. The number of nitrogens with zero attached hydrogens (tertiary/aromatic N) is 1. The largest absolute Gasteiger partial charge is 0.464 e. The van der Waals surface area contributed by atoms with Crippen LogP contribution < -0.4 is 4.74 Å². The van der Waals surface area contributed by atoms with Crippen molar-refractivity contribution in [2.75, 3.05) is 26.2 Å². The highest BCUT2D eigenvalue weighted by Crippen LogP contribution is 2.34. The maximum absolute atomic E-state index is 10.2. The topological polar surface area (TPSA) is 82.4 Å². The molecular formula is C25H41NO5. The molecule has 0 radical (unpaired) electrons. The van der Waals surface area contributed by atoms with Crippen LogP contribution in [0.4, 0.5) is 0 Å². The van der Waals surface area contributed by atoms with Crippen molar-refractivity contribution in [3.8, 4) is 5.75 Å². The molecule has 1 aromatic rings. The number of aliphatic hydroxyl groups is 3. The third-order valence-electron chi connectivity index (χ3n) is 5.89. The van der Waals surface area contributed by atoms with Crippen LogP contribution in [-0.4, -0.2) is 71.1 Å². The Balaban J connectivity index is 2.27. The zero-order valence-electron chi connectivity index (χ0n) is 19.6. The molecule has 176 valence electrons. The molecule has 0 aliphatic carbocycles. The molecule has 0 aromatic heterocycles. The van der Waals surface area contributed by atoms with Crippen LogP contribution in [0.15, 0.2) is 24.3 Å². The summed E-state index contributed by atoms with van der Waals surface area (Å²) in [6.07, 6.45) is 2.92. The Hall–Kier alpha value is -1.44. The van der Waals surface area contributed by atoms with Crippen LogP contribution in [-0.2, 0) is 4.74 Å². The molecule has 1 aromatic carbocycles. The van der Waals surface area contributed by atoms with E-state index in [4.69, 9.17) is 9.47 Å². The van der Waals surface area contributed by atoms with Gasteiger partial charge in [0.15, 0.2) is 0 Å². The molecule has 0 bridgehead atoms. The zero-order valence-corrected chi connectivity index (χ0v) is 19.6. The van der Waals surface area contributed by atoms with E-state index in [0.29, 0.717) is 5.75 Å². The summed E-state index contributed by atoms with van der Waals surface area (Å²) >= 11 is 0. The Morgan fingerprint density at radius 3 is 2.61 bits per heavy atom. The van der Waals surface area contributed by atoms with Crippen LogP contribution in [0.25, 0.3) is 5.57 Å². The molecular weight excluding hydrogens is 394 g/mol. The van der Waals surface area contributed by atoms with Gasteiger partial charge in [0.2, 0.25) is 6.29 Å². The SMILES string of the molecule is CCC/C=C(/CCN(CC)CCC)c1c(C)cccc1O[C@@H]1C[C@@H](O)[C@H](O)[C@@H](CO)O1. The van der Waals surface area contributed by atoms with Gasteiger partial charge in [-0.05, 0) is 56.5 Å².